The highest BCUT2D eigenvalue weighted by Crippen LogP contribution is 2.37. The summed E-state index contributed by atoms with van der Waals surface area (Å²) in [5.74, 6) is 0.190. The first-order chi connectivity index (χ1) is 9.36. The van der Waals surface area contributed by atoms with Gasteiger partial charge in [0, 0.05) is 30.0 Å². The van der Waals surface area contributed by atoms with E-state index in [1.54, 1.807) is 11.3 Å². The molecule has 0 N–H and O–H groups in total. The molecule has 0 amide bonds. The summed E-state index contributed by atoms with van der Waals surface area (Å²) in [5.41, 5.74) is 2.76. The molecule has 0 aromatic carbocycles. The van der Waals surface area contributed by atoms with Gasteiger partial charge >= 0.3 is 0 Å². The van der Waals surface area contributed by atoms with Crippen LogP contribution in [0.4, 0.5) is 0 Å². The molecule has 0 saturated carbocycles. The number of Topliss-reactive ketones (excluding diaryl/α,β-unsaturated/α-hetero) is 1. The van der Waals surface area contributed by atoms with Gasteiger partial charge in [0.15, 0.2) is 5.78 Å². The second kappa shape index (κ2) is 4.52. The molecule has 1 aliphatic rings. The molecule has 0 spiro atoms. The van der Waals surface area contributed by atoms with Crippen LogP contribution in [0, 0.1) is 0 Å². The zero-order valence-electron chi connectivity index (χ0n) is 12.4. The highest BCUT2D eigenvalue weighted by molar-refractivity contribution is 7.15. The van der Waals surface area contributed by atoms with E-state index in [0.29, 0.717) is 12.1 Å². The standard InChI is InChI=1S/C15H19N3OS/c1-15(2,3)13-9(8-18(4)17-13)14-16-12-10(19)6-5-7-11(12)20-14/h8H,5-7H2,1-4H3. The molecule has 1 aliphatic carbocycles. The molecule has 106 valence electrons. The number of fused-ring (bicyclic) bond motifs is 1. The predicted molar refractivity (Wildman–Crippen MR) is 80.3 cm³/mol. The molecule has 0 atom stereocenters. The molecule has 0 bridgehead atoms. The monoisotopic (exact) mass is 289 g/mol. The molecular weight excluding hydrogens is 270 g/mol. The number of hydrogen-bond acceptors (Lipinski definition) is 4. The number of nitrogens with zero attached hydrogens (tertiary/aromatic N) is 3. The fourth-order valence-electron chi connectivity index (χ4n) is 2.58. The molecule has 4 nitrogen and oxygen atoms in total. The van der Waals surface area contributed by atoms with Crippen LogP contribution in [0.2, 0.25) is 0 Å². The third kappa shape index (κ3) is 2.20. The van der Waals surface area contributed by atoms with Crippen LogP contribution in [-0.2, 0) is 18.9 Å². The second-order valence-electron chi connectivity index (χ2n) is 6.38. The summed E-state index contributed by atoms with van der Waals surface area (Å²) in [5, 5.41) is 5.52. The van der Waals surface area contributed by atoms with Crippen LogP contribution in [0.3, 0.4) is 0 Å². The van der Waals surface area contributed by atoms with E-state index < -0.39 is 0 Å². The number of aromatic nitrogens is 3. The topological polar surface area (TPSA) is 47.8 Å². The largest absolute Gasteiger partial charge is 0.292 e. The quantitative estimate of drug-likeness (QED) is 0.808. The highest BCUT2D eigenvalue weighted by Gasteiger charge is 2.27. The lowest BCUT2D eigenvalue weighted by Gasteiger charge is -2.16. The molecule has 2 heterocycles. The van der Waals surface area contributed by atoms with E-state index in [1.807, 2.05) is 17.9 Å². The summed E-state index contributed by atoms with van der Waals surface area (Å²) in [4.78, 5) is 17.7. The Morgan fingerprint density at radius 1 is 1.30 bits per heavy atom. The molecule has 2 aromatic heterocycles. The first-order valence-corrected chi connectivity index (χ1v) is 7.75. The summed E-state index contributed by atoms with van der Waals surface area (Å²) in [6.07, 6.45) is 4.57. The minimum atomic E-state index is -0.0349. The Balaban J connectivity index is 2.13. The van der Waals surface area contributed by atoms with E-state index in [2.05, 4.69) is 30.9 Å². The van der Waals surface area contributed by atoms with Gasteiger partial charge in [-0.3, -0.25) is 9.48 Å². The molecule has 5 heteroatoms. The van der Waals surface area contributed by atoms with Crippen molar-refractivity contribution >= 4 is 17.1 Å². The second-order valence-corrected chi connectivity index (χ2v) is 7.47. The highest BCUT2D eigenvalue weighted by atomic mass is 32.1. The SMILES string of the molecule is Cn1cc(-c2nc3c(s2)CCCC3=O)c(C(C)(C)C)n1. The molecule has 20 heavy (non-hydrogen) atoms. The normalized spacial score (nSPS) is 15.5. The van der Waals surface area contributed by atoms with Crippen LogP contribution in [0.25, 0.3) is 10.6 Å². The summed E-state index contributed by atoms with van der Waals surface area (Å²) < 4.78 is 1.83. The summed E-state index contributed by atoms with van der Waals surface area (Å²) in [6.45, 7) is 6.45. The number of thiazole rings is 1. The Labute approximate surface area is 122 Å². The third-order valence-electron chi connectivity index (χ3n) is 3.54. The number of aryl methyl sites for hydroxylation is 2. The van der Waals surface area contributed by atoms with Crippen molar-refractivity contribution in [2.24, 2.45) is 7.05 Å². The van der Waals surface area contributed by atoms with Crippen LogP contribution in [-0.4, -0.2) is 20.5 Å². The lowest BCUT2D eigenvalue weighted by Crippen LogP contribution is -2.13. The van der Waals surface area contributed by atoms with Gasteiger partial charge < -0.3 is 0 Å². The Kier molecular flexibility index (Phi) is 3.05. The number of rotatable bonds is 1. The third-order valence-corrected chi connectivity index (χ3v) is 4.69. The summed E-state index contributed by atoms with van der Waals surface area (Å²) in [7, 11) is 1.93. The molecule has 0 unspecified atom stereocenters. The van der Waals surface area contributed by atoms with Gasteiger partial charge in [0.25, 0.3) is 0 Å². The van der Waals surface area contributed by atoms with Gasteiger partial charge in [-0.15, -0.1) is 11.3 Å². The fourth-order valence-corrected chi connectivity index (χ4v) is 3.71. The predicted octanol–water partition coefficient (Wildman–Crippen LogP) is 3.36. The fraction of sp³-hybridized carbons (Fsp3) is 0.533. The maximum Gasteiger partial charge on any atom is 0.182 e. The average molecular weight is 289 g/mol. The van der Waals surface area contributed by atoms with Crippen molar-refractivity contribution in [1.29, 1.82) is 0 Å². The van der Waals surface area contributed by atoms with Gasteiger partial charge in [-0.05, 0) is 12.8 Å². The first kappa shape index (κ1) is 13.5. The van der Waals surface area contributed by atoms with Crippen LogP contribution in [0.15, 0.2) is 6.20 Å². The van der Waals surface area contributed by atoms with Gasteiger partial charge in [0.1, 0.15) is 10.7 Å². The van der Waals surface area contributed by atoms with E-state index in [1.165, 1.54) is 0 Å². The minimum absolute atomic E-state index is 0.0349. The van der Waals surface area contributed by atoms with Gasteiger partial charge in [0.2, 0.25) is 0 Å². The lowest BCUT2D eigenvalue weighted by molar-refractivity contribution is 0.0968. The van der Waals surface area contributed by atoms with E-state index in [0.717, 1.165) is 34.0 Å². The van der Waals surface area contributed by atoms with Crippen LogP contribution < -0.4 is 0 Å². The molecule has 0 fully saturated rings. The Hall–Kier alpha value is -1.49. The van der Waals surface area contributed by atoms with Gasteiger partial charge in [0.05, 0.1) is 11.3 Å². The molecule has 2 aromatic rings. The van der Waals surface area contributed by atoms with Gasteiger partial charge in [-0.1, -0.05) is 20.8 Å². The van der Waals surface area contributed by atoms with Crippen molar-refractivity contribution in [1.82, 2.24) is 14.8 Å². The van der Waals surface area contributed by atoms with E-state index >= 15 is 0 Å². The number of carbonyl (C=O) groups excluding carboxylic acids is 1. The van der Waals surface area contributed by atoms with Crippen molar-refractivity contribution in [3.8, 4) is 10.6 Å². The Morgan fingerprint density at radius 3 is 2.70 bits per heavy atom. The average Bonchev–Trinajstić information content (AvgIpc) is 2.92. The molecule has 0 radical (unpaired) electrons. The zero-order valence-corrected chi connectivity index (χ0v) is 13.2. The summed E-state index contributed by atoms with van der Waals surface area (Å²) >= 11 is 1.65. The van der Waals surface area contributed by atoms with Crippen LogP contribution in [0.5, 0.6) is 0 Å². The van der Waals surface area contributed by atoms with E-state index in [9.17, 15) is 4.79 Å². The van der Waals surface area contributed by atoms with Crippen molar-refractivity contribution in [3.63, 3.8) is 0 Å². The van der Waals surface area contributed by atoms with E-state index in [4.69, 9.17) is 0 Å². The molecular formula is C15H19N3OS. The number of carbonyl (C=O) groups is 1. The lowest BCUT2D eigenvalue weighted by atomic mass is 9.90. The zero-order chi connectivity index (χ0) is 14.5. The smallest absolute Gasteiger partial charge is 0.182 e. The maximum absolute atomic E-state index is 11.9. The van der Waals surface area contributed by atoms with Crippen molar-refractivity contribution in [3.05, 3.63) is 22.5 Å². The molecule has 3 rings (SSSR count). The number of ketones is 1. The Bertz CT molecular complexity index is 676. The molecule has 0 aliphatic heterocycles. The maximum atomic E-state index is 11.9. The first-order valence-electron chi connectivity index (χ1n) is 6.93. The molecule has 0 saturated heterocycles. The van der Waals surface area contributed by atoms with Crippen molar-refractivity contribution in [2.45, 2.75) is 45.4 Å². The van der Waals surface area contributed by atoms with E-state index in [-0.39, 0.29) is 11.2 Å². The van der Waals surface area contributed by atoms with Crippen molar-refractivity contribution in [2.75, 3.05) is 0 Å². The number of hydrogen-bond donors (Lipinski definition) is 0. The van der Waals surface area contributed by atoms with Crippen LogP contribution >= 0.6 is 11.3 Å². The van der Waals surface area contributed by atoms with Crippen molar-refractivity contribution < 1.29 is 4.79 Å². The van der Waals surface area contributed by atoms with Crippen LogP contribution in [0.1, 0.15) is 54.7 Å². The van der Waals surface area contributed by atoms with Gasteiger partial charge in [-0.2, -0.15) is 5.10 Å². The van der Waals surface area contributed by atoms with Gasteiger partial charge in [-0.25, -0.2) is 4.98 Å². The summed E-state index contributed by atoms with van der Waals surface area (Å²) in [6, 6.07) is 0. The minimum Gasteiger partial charge on any atom is -0.292 e. The Morgan fingerprint density at radius 2 is 2.05 bits per heavy atom.